The number of thioether (sulfide) groups is 1. The summed E-state index contributed by atoms with van der Waals surface area (Å²) in [5, 5.41) is 22.1. The number of quaternary nitrogens is 2. The molecule has 0 unspecified atom stereocenters. The fourth-order valence-corrected chi connectivity index (χ4v) is 9.33. The van der Waals surface area contributed by atoms with Gasteiger partial charge in [0.05, 0.1) is 39.9 Å². The number of nitrogens with zero attached hydrogens (tertiary/aromatic N) is 4. The molecule has 4 fully saturated rings. The molecule has 1 aromatic heterocycles. The van der Waals surface area contributed by atoms with E-state index in [-0.39, 0.29) is 35.7 Å². The van der Waals surface area contributed by atoms with Crippen molar-refractivity contribution in [2.45, 2.75) is 30.3 Å². The van der Waals surface area contributed by atoms with Crippen LogP contribution < -0.4 is 23.2 Å². The third-order valence-electron chi connectivity index (χ3n) is 9.31. The zero-order chi connectivity index (χ0) is 28.6. The van der Waals surface area contributed by atoms with Crippen molar-refractivity contribution >= 4 is 56.9 Å². The highest BCUT2D eigenvalue weighted by atomic mass is 35.5. The Balaban J connectivity index is 0.00000337. The van der Waals surface area contributed by atoms with Crippen molar-refractivity contribution < 1.29 is 50.8 Å². The van der Waals surface area contributed by atoms with E-state index >= 15 is 0 Å². The topological polar surface area (TPSA) is 154 Å². The van der Waals surface area contributed by atoms with Gasteiger partial charge in [-0.1, -0.05) is 18.7 Å². The lowest BCUT2D eigenvalue weighted by atomic mass is 9.79. The summed E-state index contributed by atoms with van der Waals surface area (Å²) in [5.41, 5.74) is 6.58. The Kier molecular flexibility index (Phi) is 7.75. The van der Waals surface area contributed by atoms with Crippen molar-refractivity contribution in [3.05, 3.63) is 34.4 Å². The van der Waals surface area contributed by atoms with Gasteiger partial charge in [-0.05, 0) is 25.1 Å². The van der Waals surface area contributed by atoms with Gasteiger partial charge in [0.2, 0.25) is 11.7 Å². The highest BCUT2D eigenvalue weighted by Gasteiger charge is 2.59. The van der Waals surface area contributed by atoms with Crippen LogP contribution in [0.3, 0.4) is 0 Å². The Labute approximate surface area is 251 Å². The maximum atomic E-state index is 13.4. The molecule has 4 atom stereocenters. The molecule has 0 spiro atoms. The Bertz CT molecular complexity index is 1470. The number of ketones is 1. The van der Waals surface area contributed by atoms with Gasteiger partial charge in [-0.3, -0.25) is 14.4 Å². The van der Waals surface area contributed by atoms with Gasteiger partial charge in [-0.15, -0.1) is 11.3 Å². The number of carbonyl (C=O) groups excluding carboxylic acids is 4. The number of Topliss-reactive ketones (excluding diaryl/α,β-unsaturated/α-hetero) is 1. The first kappa shape index (κ1) is 29.9. The van der Waals surface area contributed by atoms with Crippen molar-refractivity contribution in [3.8, 4) is 0 Å². The highest BCUT2D eigenvalue weighted by molar-refractivity contribution is 8.04. The minimum absolute atomic E-state index is 0. The normalized spacial score (nSPS) is 31.0. The molecule has 41 heavy (non-hydrogen) atoms. The summed E-state index contributed by atoms with van der Waals surface area (Å²) in [4.78, 5) is 56.0. The zero-order valence-electron chi connectivity index (χ0n) is 22.7. The number of benzene rings is 1. The summed E-state index contributed by atoms with van der Waals surface area (Å²) in [5.74, 6) is -2.97. The summed E-state index contributed by atoms with van der Waals surface area (Å²) in [7, 11) is 0. The number of thiazole rings is 1. The molecule has 2 aromatic rings. The lowest BCUT2D eigenvalue weighted by molar-refractivity contribution is -1.07. The molecule has 0 aliphatic carbocycles. The zero-order valence-corrected chi connectivity index (χ0v) is 25.1. The van der Waals surface area contributed by atoms with Gasteiger partial charge in [-0.2, -0.15) is 0 Å². The molecule has 220 valence electrons. The molecule has 2 amide bonds. The number of rotatable bonds is 9. The molecule has 5 aliphatic heterocycles. The van der Waals surface area contributed by atoms with E-state index in [1.165, 1.54) is 28.0 Å². The second kappa shape index (κ2) is 10.6. The SMILES string of the molecule is C[C@@H](O)[C@H]1C(=O)N2C(C(=O)[O-])=C(Sc3nc4cc(C(=O)C[N+]56CC[N+](CC(N)=O)(CC5)CC6)ccc4s3)[C@H](C)[C@H]12.[Cl-]. The first-order valence-corrected chi connectivity index (χ1v) is 15.1. The van der Waals surface area contributed by atoms with Crippen LogP contribution in [0.2, 0.25) is 0 Å². The molecule has 0 saturated carbocycles. The summed E-state index contributed by atoms with van der Waals surface area (Å²) in [6.45, 7) is 9.28. The molecule has 11 nitrogen and oxygen atoms in total. The smallest absolute Gasteiger partial charge is 0.272 e. The standard InChI is InChI=1S/C27H31N5O6S2.ClH/c1-14-22-21(15(2)33)25(36)30(22)23(26(37)38)24(14)40-27-29-17-11-16(3-4-19(17)39-27)18(34)12-31-5-8-32(9-6-31,10-7-31)13-20(28)35;/h3-4,11,14-15,21-22,33H,5-10,12-13H2,1-2H3,(H-2,28,35,37,38);1H/t14-,15-,21-,22-,31?,32?;/m1./s1. The van der Waals surface area contributed by atoms with E-state index in [1.54, 1.807) is 13.0 Å². The average Bonchev–Trinajstić information content (AvgIpc) is 3.40. The predicted molar refractivity (Wildman–Crippen MR) is 145 cm³/mol. The first-order valence-electron chi connectivity index (χ1n) is 13.5. The number of halogens is 1. The lowest BCUT2D eigenvalue weighted by Crippen LogP contribution is -3.00. The third-order valence-corrected chi connectivity index (χ3v) is 11.7. The molecular formula is C27H32ClN5O6S2. The van der Waals surface area contributed by atoms with Crippen molar-refractivity contribution in [3.63, 3.8) is 0 Å². The van der Waals surface area contributed by atoms with Crippen LogP contribution in [0.25, 0.3) is 10.2 Å². The molecule has 4 saturated heterocycles. The van der Waals surface area contributed by atoms with Gasteiger partial charge in [0, 0.05) is 16.4 Å². The van der Waals surface area contributed by atoms with Crippen LogP contribution in [0.1, 0.15) is 24.2 Å². The second-order valence-corrected chi connectivity index (χ2v) is 14.1. The summed E-state index contributed by atoms with van der Waals surface area (Å²) < 4.78 is 2.95. The highest BCUT2D eigenvalue weighted by Crippen LogP contribution is 2.52. The number of hydrogen-bond donors (Lipinski definition) is 2. The predicted octanol–water partition coefficient (Wildman–Crippen LogP) is -3.46. The van der Waals surface area contributed by atoms with Crippen molar-refractivity contribution in [2.75, 3.05) is 52.4 Å². The minimum atomic E-state index is -1.42. The first-order chi connectivity index (χ1) is 18.9. The summed E-state index contributed by atoms with van der Waals surface area (Å²) in [6.07, 6.45) is -0.876. The lowest BCUT2D eigenvalue weighted by Gasteiger charge is -2.54. The Hall–Kier alpha value is -2.55. The number of aromatic nitrogens is 1. The molecule has 0 radical (unpaired) electrons. The largest absolute Gasteiger partial charge is 1.00 e. The molecule has 7 rings (SSSR count). The van der Waals surface area contributed by atoms with Crippen LogP contribution in [0, 0.1) is 11.8 Å². The maximum Gasteiger partial charge on any atom is 0.272 e. The van der Waals surface area contributed by atoms with E-state index < -0.39 is 29.9 Å². The molecule has 5 aliphatic rings. The van der Waals surface area contributed by atoms with Crippen LogP contribution in [0.15, 0.2) is 33.1 Å². The van der Waals surface area contributed by atoms with Crippen molar-refractivity contribution in [1.82, 2.24) is 9.88 Å². The minimum Gasteiger partial charge on any atom is -1.00 e. The van der Waals surface area contributed by atoms with E-state index in [9.17, 15) is 29.4 Å². The number of carboxylic acids is 1. The number of aliphatic hydroxyl groups is 1. The second-order valence-electron chi connectivity index (χ2n) is 11.7. The molecule has 14 heteroatoms. The van der Waals surface area contributed by atoms with Gasteiger partial charge in [0.1, 0.15) is 45.8 Å². The number of carboxylic acid groups (broad SMARTS) is 1. The van der Waals surface area contributed by atoms with Gasteiger partial charge in [-0.25, -0.2) is 4.98 Å². The molecule has 3 N–H and O–H groups in total. The third kappa shape index (κ3) is 4.96. The number of fused-ring (bicyclic) bond motifs is 5. The van der Waals surface area contributed by atoms with Crippen molar-refractivity contribution in [1.29, 1.82) is 0 Å². The van der Waals surface area contributed by atoms with E-state index in [0.717, 1.165) is 52.9 Å². The number of primary amides is 1. The van der Waals surface area contributed by atoms with E-state index in [0.29, 0.717) is 33.4 Å². The number of piperazine rings is 3. The van der Waals surface area contributed by atoms with Crippen molar-refractivity contribution in [2.24, 2.45) is 17.6 Å². The van der Waals surface area contributed by atoms with Crippen LogP contribution in [-0.2, 0) is 14.4 Å². The van der Waals surface area contributed by atoms with Gasteiger partial charge in [0.15, 0.2) is 10.9 Å². The molecular weight excluding hydrogens is 590 g/mol. The van der Waals surface area contributed by atoms with E-state index in [4.69, 9.17) is 10.7 Å². The molecule has 2 bridgehead atoms. The van der Waals surface area contributed by atoms with E-state index in [2.05, 4.69) is 0 Å². The number of β-lactam (4-membered cyclic amide) rings is 1. The molecule has 6 heterocycles. The van der Waals surface area contributed by atoms with Crippen LogP contribution in [-0.4, -0.2) is 112 Å². The average molecular weight is 622 g/mol. The number of aliphatic carboxylic acids is 1. The molecule has 1 aromatic carbocycles. The number of carbonyl (C=O) groups is 4. The number of amides is 2. The van der Waals surface area contributed by atoms with Crippen LogP contribution in [0.5, 0.6) is 0 Å². The maximum absolute atomic E-state index is 13.4. The number of hydrogen-bond acceptors (Lipinski definition) is 9. The van der Waals surface area contributed by atoms with Gasteiger partial charge in [0.25, 0.3) is 5.91 Å². The fraction of sp³-hybridized carbons (Fsp3) is 0.519. The summed E-state index contributed by atoms with van der Waals surface area (Å²) >= 11 is 2.61. The van der Waals surface area contributed by atoms with Gasteiger partial charge < -0.3 is 47.0 Å². The van der Waals surface area contributed by atoms with E-state index in [1.807, 2.05) is 19.1 Å². The van der Waals surface area contributed by atoms with Crippen LogP contribution in [0.4, 0.5) is 0 Å². The Morgan fingerprint density at radius 1 is 1.17 bits per heavy atom. The quantitative estimate of drug-likeness (QED) is 0.166. The summed E-state index contributed by atoms with van der Waals surface area (Å²) in [6, 6.07) is 5.07. The van der Waals surface area contributed by atoms with Crippen LogP contribution >= 0.6 is 23.1 Å². The number of nitrogens with two attached hydrogens (primary N) is 1. The Morgan fingerprint density at radius 2 is 1.78 bits per heavy atom. The monoisotopic (exact) mass is 621 g/mol. The Morgan fingerprint density at radius 3 is 2.34 bits per heavy atom. The van der Waals surface area contributed by atoms with Gasteiger partial charge >= 0.3 is 0 Å². The number of aliphatic hydroxyl groups excluding tert-OH is 1. The fourth-order valence-electron chi connectivity index (χ4n) is 7.01.